The van der Waals surface area contributed by atoms with Crippen molar-refractivity contribution in [2.75, 3.05) is 61.7 Å². The van der Waals surface area contributed by atoms with Crippen LogP contribution in [0, 0.1) is 17.2 Å². The van der Waals surface area contributed by atoms with Gasteiger partial charge in [-0.25, -0.2) is 14.4 Å². The monoisotopic (exact) mass is 982 g/mol. The number of nitrogens with one attached hydrogen (secondary N) is 1. The average molecular weight is 984 g/mol. The number of benzene rings is 3. The molecule has 4 atom stereocenters. The van der Waals surface area contributed by atoms with Gasteiger partial charge in [-0.05, 0) is 119 Å². The molecular weight excluding hydrogens is 912 g/mol. The number of amides is 1. The van der Waals surface area contributed by atoms with Gasteiger partial charge in [0.15, 0.2) is 23.0 Å². The van der Waals surface area contributed by atoms with Gasteiger partial charge < -0.3 is 48.8 Å². The van der Waals surface area contributed by atoms with Gasteiger partial charge in [-0.1, -0.05) is 56.3 Å². The standard InChI is InChI=1S/C27H38N2O4.C20H28N2O5.C4H4O4.ClH/c1-20(2)27(19-28,22-10-12-24(31-5)26(18-22)33-7)14-8-15-29(3)16-13-21-9-11-23(30-4)25(17-21)32-6;1-3-27-20(26)16(12-11-15-8-5-4-6-9-15)21-14(2)18(23)22-13-7-10-17(22)19(24)25;5-3(6)1-2-4(7)8;/h9-12,17-18,20H,8,13-16H2,1-7H3;4-6,8-9,14,16-17,21H,3,7,10-13H2,1-2H3,(H,24,25);1-2H,(H,5,6)(H,7,8);1H/b;;2-1-;/t;14-,16-,17-;;/m.0../s1. The van der Waals surface area contributed by atoms with Crippen LogP contribution >= 0.6 is 12.4 Å². The van der Waals surface area contributed by atoms with Crippen molar-refractivity contribution in [2.45, 2.75) is 96.2 Å². The summed E-state index contributed by atoms with van der Waals surface area (Å²) in [5.74, 6) is -1.21. The number of carbonyl (C=O) groups excluding carboxylic acids is 2. The molecule has 380 valence electrons. The summed E-state index contributed by atoms with van der Waals surface area (Å²) < 4.78 is 26.7. The lowest BCUT2D eigenvalue weighted by atomic mass is 9.69. The molecule has 3 aromatic rings. The first kappa shape index (κ1) is 60.7. The Morgan fingerprint density at radius 2 is 1.41 bits per heavy atom. The molecular formula is C51H71ClN4O13. The SMILES string of the molecule is CCOC(=O)[C@H](CCc1ccccc1)N[C@@H](C)C(=O)N1CCC[C@H]1C(=O)O.COc1ccc(CCN(C)CCCC(C#N)(c2ccc(OC)c(OC)c2)C(C)C)cc1OC.Cl.O=C(O)/C=C\C(=O)O. The van der Waals surface area contributed by atoms with E-state index >= 15 is 0 Å². The number of methoxy groups -OCH3 is 4. The van der Waals surface area contributed by atoms with Crippen molar-refractivity contribution in [2.24, 2.45) is 5.92 Å². The van der Waals surface area contributed by atoms with E-state index in [-0.39, 0.29) is 30.8 Å². The summed E-state index contributed by atoms with van der Waals surface area (Å²) in [7, 11) is 8.67. The number of esters is 1. The Bertz CT molecular complexity index is 2130. The highest BCUT2D eigenvalue weighted by Gasteiger charge is 2.38. The molecule has 1 fully saturated rings. The van der Waals surface area contributed by atoms with Crippen molar-refractivity contribution in [1.82, 2.24) is 15.1 Å². The molecule has 3 aromatic carbocycles. The Morgan fingerprint density at radius 3 is 1.93 bits per heavy atom. The van der Waals surface area contributed by atoms with Crippen LogP contribution in [-0.4, -0.2) is 135 Å². The minimum atomic E-state index is -1.26. The smallest absolute Gasteiger partial charge is 0.328 e. The van der Waals surface area contributed by atoms with Gasteiger partial charge in [0.25, 0.3) is 0 Å². The second-order valence-corrected chi connectivity index (χ2v) is 16.4. The first-order valence-corrected chi connectivity index (χ1v) is 22.6. The molecule has 0 saturated carbocycles. The Morgan fingerprint density at radius 1 is 0.826 bits per heavy atom. The summed E-state index contributed by atoms with van der Waals surface area (Å²) >= 11 is 0. The number of likely N-dealkylation sites (tertiary alicyclic amines) is 1. The highest BCUT2D eigenvalue weighted by atomic mass is 35.5. The Kier molecular flexibility index (Phi) is 27.8. The zero-order valence-electron chi connectivity index (χ0n) is 41.3. The van der Waals surface area contributed by atoms with Crippen LogP contribution in [-0.2, 0) is 47.0 Å². The van der Waals surface area contributed by atoms with Crippen molar-refractivity contribution in [1.29, 1.82) is 5.26 Å². The number of hydrogen-bond donors (Lipinski definition) is 4. The number of carbonyl (C=O) groups is 5. The molecule has 18 heteroatoms. The molecule has 1 aliphatic heterocycles. The first-order valence-electron chi connectivity index (χ1n) is 22.6. The van der Waals surface area contributed by atoms with Crippen LogP contribution in [0.4, 0.5) is 0 Å². The van der Waals surface area contributed by atoms with Crippen molar-refractivity contribution >= 4 is 42.2 Å². The lowest BCUT2D eigenvalue weighted by molar-refractivity contribution is -0.150. The molecule has 69 heavy (non-hydrogen) atoms. The minimum Gasteiger partial charge on any atom is -0.493 e. The van der Waals surface area contributed by atoms with E-state index in [0.29, 0.717) is 55.9 Å². The van der Waals surface area contributed by atoms with Gasteiger partial charge in [0, 0.05) is 25.2 Å². The van der Waals surface area contributed by atoms with Gasteiger partial charge in [-0.3, -0.25) is 14.9 Å². The van der Waals surface area contributed by atoms with Crippen molar-refractivity contribution in [3.8, 4) is 29.1 Å². The lowest BCUT2D eigenvalue weighted by Crippen LogP contribution is -2.53. The van der Waals surface area contributed by atoms with Gasteiger partial charge >= 0.3 is 23.9 Å². The van der Waals surface area contributed by atoms with E-state index in [9.17, 15) is 34.3 Å². The van der Waals surface area contributed by atoms with Crippen LogP contribution in [0.1, 0.15) is 76.5 Å². The molecule has 0 aromatic heterocycles. The maximum atomic E-state index is 12.7. The van der Waals surface area contributed by atoms with E-state index in [1.165, 1.54) is 10.5 Å². The first-order chi connectivity index (χ1) is 32.4. The number of aliphatic carboxylic acids is 3. The summed E-state index contributed by atoms with van der Waals surface area (Å²) in [6.45, 7) is 10.1. The number of rotatable bonds is 24. The fraction of sp³-hybridized carbons (Fsp3) is 0.490. The summed E-state index contributed by atoms with van der Waals surface area (Å²) in [5, 5.41) is 38.2. The number of nitriles is 1. The van der Waals surface area contributed by atoms with Crippen LogP contribution in [0.3, 0.4) is 0 Å². The van der Waals surface area contributed by atoms with Crippen molar-refractivity contribution in [3.63, 3.8) is 0 Å². The quantitative estimate of drug-likeness (QED) is 0.0532. The maximum absolute atomic E-state index is 12.7. The largest absolute Gasteiger partial charge is 0.493 e. The number of carboxylic acids is 3. The molecule has 1 unspecified atom stereocenters. The van der Waals surface area contributed by atoms with E-state index in [2.05, 4.69) is 43.2 Å². The van der Waals surface area contributed by atoms with Crippen LogP contribution in [0.2, 0.25) is 0 Å². The third-order valence-corrected chi connectivity index (χ3v) is 11.6. The lowest BCUT2D eigenvalue weighted by Gasteiger charge is -2.32. The van der Waals surface area contributed by atoms with Crippen LogP contribution in [0.15, 0.2) is 78.9 Å². The number of carboxylic acid groups (broad SMARTS) is 3. The fourth-order valence-corrected chi connectivity index (χ4v) is 7.74. The number of ether oxygens (including phenoxy) is 5. The van der Waals surface area contributed by atoms with Crippen molar-refractivity contribution < 1.29 is 63.0 Å². The molecule has 0 aliphatic carbocycles. The number of halogens is 1. The number of aryl methyl sites for hydroxylation is 1. The fourth-order valence-electron chi connectivity index (χ4n) is 7.74. The van der Waals surface area contributed by atoms with Crippen LogP contribution < -0.4 is 24.3 Å². The van der Waals surface area contributed by atoms with E-state index < -0.39 is 47.4 Å². The number of hydrogen-bond acceptors (Lipinski definition) is 13. The van der Waals surface area contributed by atoms with Crippen LogP contribution in [0.5, 0.6) is 23.0 Å². The molecule has 0 spiro atoms. The Labute approximate surface area is 412 Å². The summed E-state index contributed by atoms with van der Waals surface area (Å²) in [4.78, 5) is 59.1. The molecule has 4 rings (SSSR count). The third kappa shape index (κ3) is 19.7. The van der Waals surface area contributed by atoms with Crippen molar-refractivity contribution in [3.05, 3.63) is 95.6 Å². The predicted octanol–water partition coefficient (Wildman–Crippen LogP) is 6.83. The Balaban J connectivity index is 0.000000595. The summed E-state index contributed by atoms with van der Waals surface area (Å²) in [5.41, 5.74) is 2.70. The predicted molar refractivity (Wildman–Crippen MR) is 263 cm³/mol. The molecule has 1 aliphatic rings. The van der Waals surface area contributed by atoms with Gasteiger partial charge in [0.1, 0.15) is 12.1 Å². The molecule has 17 nitrogen and oxygen atoms in total. The highest BCUT2D eigenvalue weighted by Crippen LogP contribution is 2.40. The molecule has 1 saturated heterocycles. The van der Waals surface area contributed by atoms with E-state index in [0.717, 1.165) is 55.0 Å². The van der Waals surface area contributed by atoms with E-state index in [1.54, 1.807) is 42.3 Å². The van der Waals surface area contributed by atoms with E-state index in [4.69, 9.17) is 33.9 Å². The normalized spacial score (nSPS) is 14.6. The molecule has 1 amide bonds. The molecule has 1 heterocycles. The molecule has 0 bridgehead atoms. The zero-order chi connectivity index (χ0) is 50.8. The van der Waals surface area contributed by atoms with Gasteiger partial charge in [0.2, 0.25) is 5.91 Å². The topological polar surface area (TPSA) is 234 Å². The number of nitrogens with zero attached hydrogens (tertiary/aromatic N) is 3. The van der Waals surface area contributed by atoms with Gasteiger partial charge in [-0.2, -0.15) is 5.26 Å². The molecule has 4 N–H and O–H groups in total. The van der Waals surface area contributed by atoms with Gasteiger partial charge in [-0.15, -0.1) is 12.4 Å². The summed E-state index contributed by atoms with van der Waals surface area (Å²) in [6.07, 6.45) is 6.01. The van der Waals surface area contributed by atoms with Gasteiger partial charge in [0.05, 0.1) is 52.6 Å². The average Bonchev–Trinajstić information content (AvgIpc) is 3.84. The maximum Gasteiger partial charge on any atom is 0.328 e. The third-order valence-electron chi connectivity index (χ3n) is 11.6. The zero-order valence-corrected chi connectivity index (χ0v) is 42.1. The summed E-state index contributed by atoms with van der Waals surface area (Å²) in [6, 6.07) is 22.2. The second kappa shape index (κ2) is 31.6. The molecule has 0 radical (unpaired) electrons. The second-order valence-electron chi connectivity index (χ2n) is 16.4. The number of likely N-dealkylation sites (N-methyl/N-ethyl adjacent to an activating group) is 1. The Hall–Kier alpha value is -6.35. The van der Waals surface area contributed by atoms with E-state index in [1.807, 2.05) is 60.7 Å². The minimum absolute atomic E-state index is 0. The van der Waals surface area contributed by atoms with Crippen LogP contribution in [0.25, 0.3) is 0 Å². The highest BCUT2D eigenvalue weighted by molar-refractivity contribution is 5.90.